The standard InChI is InChI=1S/C17H15BrN2O5/c1-9-6-12(10(2)24-9)16-20-19-15(25-16)8-23-17(21)11-4-5-14(22-3)13(18)7-11/h4-7H,8H2,1-3H3. The van der Waals surface area contributed by atoms with Crippen molar-refractivity contribution >= 4 is 21.9 Å². The molecule has 130 valence electrons. The zero-order valence-electron chi connectivity index (χ0n) is 13.8. The maximum absolute atomic E-state index is 12.1. The number of aromatic nitrogens is 2. The Labute approximate surface area is 152 Å². The maximum Gasteiger partial charge on any atom is 0.338 e. The van der Waals surface area contributed by atoms with Gasteiger partial charge in [0, 0.05) is 0 Å². The van der Waals surface area contributed by atoms with Crippen molar-refractivity contribution in [2.75, 3.05) is 7.11 Å². The van der Waals surface area contributed by atoms with Gasteiger partial charge in [-0.25, -0.2) is 4.79 Å². The molecule has 0 aliphatic carbocycles. The Balaban J connectivity index is 1.67. The molecule has 0 atom stereocenters. The SMILES string of the molecule is COc1ccc(C(=O)OCc2nnc(-c3cc(C)oc3C)o2)cc1Br. The molecular formula is C17H15BrN2O5. The van der Waals surface area contributed by atoms with Gasteiger partial charge in [0.2, 0.25) is 0 Å². The first-order valence-electron chi connectivity index (χ1n) is 7.38. The van der Waals surface area contributed by atoms with Crippen LogP contribution in [0.25, 0.3) is 11.5 Å². The van der Waals surface area contributed by atoms with Crippen molar-refractivity contribution in [3.63, 3.8) is 0 Å². The fraction of sp³-hybridized carbons (Fsp3) is 0.235. The fourth-order valence-electron chi connectivity index (χ4n) is 2.27. The molecule has 2 heterocycles. The molecule has 0 bridgehead atoms. The number of esters is 1. The van der Waals surface area contributed by atoms with Crippen molar-refractivity contribution in [2.45, 2.75) is 20.5 Å². The Morgan fingerprint density at radius 3 is 2.64 bits per heavy atom. The molecule has 8 heteroatoms. The van der Waals surface area contributed by atoms with Crippen LogP contribution in [0.5, 0.6) is 5.75 Å². The van der Waals surface area contributed by atoms with Gasteiger partial charge in [0.25, 0.3) is 11.8 Å². The molecule has 7 nitrogen and oxygen atoms in total. The second-order valence-corrected chi connectivity index (χ2v) is 6.11. The van der Waals surface area contributed by atoms with Gasteiger partial charge in [0.1, 0.15) is 17.3 Å². The molecule has 1 aromatic carbocycles. The second-order valence-electron chi connectivity index (χ2n) is 5.25. The molecule has 0 N–H and O–H groups in total. The summed E-state index contributed by atoms with van der Waals surface area (Å²) >= 11 is 3.33. The van der Waals surface area contributed by atoms with E-state index in [0.29, 0.717) is 27.4 Å². The lowest BCUT2D eigenvalue weighted by atomic mass is 10.2. The topological polar surface area (TPSA) is 87.6 Å². The zero-order chi connectivity index (χ0) is 18.0. The quantitative estimate of drug-likeness (QED) is 0.589. The van der Waals surface area contributed by atoms with Crippen molar-refractivity contribution in [1.82, 2.24) is 10.2 Å². The molecule has 0 unspecified atom stereocenters. The molecule has 3 rings (SSSR count). The van der Waals surface area contributed by atoms with Gasteiger partial charge in [-0.3, -0.25) is 0 Å². The van der Waals surface area contributed by atoms with Gasteiger partial charge in [-0.2, -0.15) is 0 Å². The predicted octanol–water partition coefficient (Wildman–Crippen LogP) is 4.07. The summed E-state index contributed by atoms with van der Waals surface area (Å²) in [4.78, 5) is 12.1. The van der Waals surface area contributed by atoms with E-state index in [1.807, 2.05) is 19.9 Å². The van der Waals surface area contributed by atoms with Crippen LogP contribution in [0.1, 0.15) is 27.8 Å². The van der Waals surface area contributed by atoms with Gasteiger partial charge >= 0.3 is 5.97 Å². The highest BCUT2D eigenvalue weighted by Crippen LogP contribution is 2.27. The number of benzene rings is 1. The van der Waals surface area contributed by atoms with E-state index in [9.17, 15) is 4.79 Å². The lowest BCUT2D eigenvalue weighted by molar-refractivity contribution is 0.0438. The first kappa shape index (κ1) is 17.2. The van der Waals surface area contributed by atoms with E-state index in [1.165, 1.54) is 0 Å². The van der Waals surface area contributed by atoms with E-state index in [1.54, 1.807) is 25.3 Å². The van der Waals surface area contributed by atoms with Crippen molar-refractivity contribution in [1.29, 1.82) is 0 Å². The molecule has 0 amide bonds. The minimum atomic E-state index is -0.501. The van der Waals surface area contributed by atoms with Crippen molar-refractivity contribution in [3.8, 4) is 17.2 Å². The van der Waals surface area contributed by atoms with Gasteiger partial charge in [-0.15, -0.1) is 10.2 Å². The lowest BCUT2D eigenvalue weighted by Gasteiger charge is -2.06. The van der Waals surface area contributed by atoms with Crippen LogP contribution in [-0.2, 0) is 11.3 Å². The first-order valence-corrected chi connectivity index (χ1v) is 8.17. The molecule has 25 heavy (non-hydrogen) atoms. The van der Waals surface area contributed by atoms with E-state index in [2.05, 4.69) is 26.1 Å². The smallest absolute Gasteiger partial charge is 0.338 e. The summed E-state index contributed by atoms with van der Waals surface area (Å²) in [5.74, 6) is 2.10. The van der Waals surface area contributed by atoms with Crippen LogP contribution in [0, 0.1) is 13.8 Å². The summed E-state index contributed by atoms with van der Waals surface area (Å²) in [5.41, 5.74) is 1.11. The van der Waals surface area contributed by atoms with Crippen molar-refractivity contribution in [3.05, 3.63) is 51.7 Å². The number of methoxy groups -OCH3 is 1. The number of hydrogen-bond donors (Lipinski definition) is 0. The highest BCUT2D eigenvalue weighted by molar-refractivity contribution is 9.10. The molecule has 0 spiro atoms. The molecule has 2 aromatic heterocycles. The molecule has 3 aromatic rings. The molecule has 0 saturated carbocycles. The summed E-state index contributed by atoms with van der Waals surface area (Å²) in [6.07, 6.45) is 0. The van der Waals surface area contributed by atoms with Gasteiger partial charge in [0.15, 0.2) is 6.61 Å². The number of nitrogens with zero attached hydrogens (tertiary/aromatic N) is 2. The number of ether oxygens (including phenoxy) is 2. The van der Waals surface area contributed by atoms with Crippen LogP contribution in [-0.4, -0.2) is 23.3 Å². The second kappa shape index (κ2) is 7.10. The summed E-state index contributed by atoms with van der Waals surface area (Å²) in [6.45, 7) is 3.53. The van der Waals surface area contributed by atoms with Crippen LogP contribution in [0.4, 0.5) is 0 Å². The highest BCUT2D eigenvalue weighted by atomic mass is 79.9. The maximum atomic E-state index is 12.1. The van der Waals surface area contributed by atoms with Crippen LogP contribution < -0.4 is 4.74 Å². The van der Waals surface area contributed by atoms with E-state index in [4.69, 9.17) is 18.3 Å². The summed E-state index contributed by atoms with van der Waals surface area (Å²) < 4.78 is 22.0. The number of carbonyl (C=O) groups is 1. The van der Waals surface area contributed by atoms with Gasteiger partial charge in [-0.1, -0.05) is 0 Å². The minimum absolute atomic E-state index is 0.120. The lowest BCUT2D eigenvalue weighted by Crippen LogP contribution is -2.05. The van der Waals surface area contributed by atoms with Crippen LogP contribution in [0.15, 0.2) is 37.6 Å². The van der Waals surface area contributed by atoms with Gasteiger partial charge in [-0.05, 0) is 54.0 Å². The third kappa shape index (κ3) is 3.74. The average Bonchev–Trinajstić information content (AvgIpc) is 3.18. The number of halogens is 1. The summed E-state index contributed by atoms with van der Waals surface area (Å²) in [6, 6.07) is 6.73. The van der Waals surface area contributed by atoms with E-state index < -0.39 is 5.97 Å². The largest absolute Gasteiger partial charge is 0.496 e. The molecule has 0 aliphatic rings. The molecular weight excluding hydrogens is 392 g/mol. The van der Waals surface area contributed by atoms with E-state index >= 15 is 0 Å². The molecule has 0 aliphatic heterocycles. The molecule has 0 fully saturated rings. The first-order chi connectivity index (χ1) is 12.0. The molecule has 0 radical (unpaired) electrons. The molecule has 0 saturated heterocycles. The third-order valence-electron chi connectivity index (χ3n) is 3.45. The normalized spacial score (nSPS) is 10.7. The van der Waals surface area contributed by atoms with Crippen LogP contribution in [0.2, 0.25) is 0 Å². The third-order valence-corrected chi connectivity index (χ3v) is 4.07. The van der Waals surface area contributed by atoms with Crippen LogP contribution in [0.3, 0.4) is 0 Å². The number of furan rings is 1. The minimum Gasteiger partial charge on any atom is -0.496 e. The van der Waals surface area contributed by atoms with Gasteiger partial charge in [0.05, 0.1) is 22.7 Å². The number of rotatable bonds is 5. The van der Waals surface area contributed by atoms with Crippen molar-refractivity contribution in [2.24, 2.45) is 0 Å². The summed E-state index contributed by atoms with van der Waals surface area (Å²) in [7, 11) is 1.55. The monoisotopic (exact) mass is 406 g/mol. The Bertz CT molecular complexity index is 916. The van der Waals surface area contributed by atoms with E-state index in [-0.39, 0.29) is 12.5 Å². The Morgan fingerprint density at radius 2 is 2.00 bits per heavy atom. The fourth-order valence-corrected chi connectivity index (χ4v) is 2.81. The number of aryl methyl sites for hydroxylation is 2. The van der Waals surface area contributed by atoms with E-state index in [0.717, 1.165) is 11.3 Å². The summed E-state index contributed by atoms with van der Waals surface area (Å²) in [5, 5.41) is 7.84. The zero-order valence-corrected chi connectivity index (χ0v) is 15.4. The average molecular weight is 407 g/mol. The Morgan fingerprint density at radius 1 is 1.20 bits per heavy atom. The Hall–Kier alpha value is -2.61. The Kier molecular flexibility index (Phi) is 4.89. The number of hydrogen-bond acceptors (Lipinski definition) is 7. The van der Waals surface area contributed by atoms with Gasteiger partial charge < -0.3 is 18.3 Å². The van der Waals surface area contributed by atoms with Crippen molar-refractivity contribution < 1.29 is 23.1 Å². The number of carbonyl (C=O) groups excluding carboxylic acids is 1. The van der Waals surface area contributed by atoms with Crippen LogP contribution >= 0.6 is 15.9 Å². The predicted molar refractivity (Wildman–Crippen MR) is 91.3 cm³/mol. The highest BCUT2D eigenvalue weighted by Gasteiger charge is 2.16.